The Morgan fingerprint density at radius 3 is 2.60 bits per heavy atom. The summed E-state index contributed by atoms with van der Waals surface area (Å²) in [5.41, 5.74) is 2.10. The normalized spacial score (nSPS) is 12.7. The second-order valence-electron chi connectivity index (χ2n) is 4.83. The molecule has 102 valence electrons. The van der Waals surface area contributed by atoms with E-state index in [2.05, 4.69) is 45.6 Å². The molecule has 1 atom stereocenters. The van der Waals surface area contributed by atoms with Gasteiger partial charge in [0.15, 0.2) is 0 Å². The van der Waals surface area contributed by atoms with Gasteiger partial charge in [0.1, 0.15) is 5.82 Å². The van der Waals surface area contributed by atoms with E-state index in [4.69, 9.17) is 0 Å². The van der Waals surface area contributed by atoms with Crippen molar-refractivity contribution in [2.24, 2.45) is 0 Å². The quantitative estimate of drug-likeness (QED) is 0.525. The fourth-order valence-corrected chi connectivity index (χ4v) is 4.06. The Hall–Kier alpha value is -1.19. The van der Waals surface area contributed by atoms with Crippen LogP contribution in [0.25, 0.3) is 10.1 Å². The Balaban J connectivity index is 1.94. The summed E-state index contributed by atoms with van der Waals surface area (Å²) in [6, 6.07) is 15.5. The molecule has 0 saturated heterocycles. The summed E-state index contributed by atoms with van der Waals surface area (Å²) in [4.78, 5) is 0. The molecule has 1 aromatic heterocycles. The average molecular weight is 349 g/mol. The Kier molecular flexibility index (Phi) is 4.18. The van der Waals surface area contributed by atoms with Crippen LogP contribution in [-0.2, 0) is 6.42 Å². The van der Waals surface area contributed by atoms with Gasteiger partial charge in [0.05, 0.1) is 0 Å². The van der Waals surface area contributed by atoms with E-state index in [0.717, 1.165) is 17.3 Å². The van der Waals surface area contributed by atoms with Crippen LogP contribution in [0.4, 0.5) is 4.39 Å². The molecule has 0 N–H and O–H groups in total. The zero-order chi connectivity index (χ0) is 13.9. The minimum atomic E-state index is -0.114. The standard InChI is InChI=1S/C17H14BrFS/c18-10-12(14-5-1-3-7-16(14)19)9-13-11-20-17-8-4-2-6-15(13)17/h1-8,11-12H,9-10H2. The highest BCUT2D eigenvalue weighted by Gasteiger charge is 2.16. The van der Waals surface area contributed by atoms with E-state index in [-0.39, 0.29) is 11.7 Å². The van der Waals surface area contributed by atoms with Crippen molar-refractivity contribution in [3.63, 3.8) is 0 Å². The van der Waals surface area contributed by atoms with Crippen molar-refractivity contribution >= 4 is 37.4 Å². The maximum Gasteiger partial charge on any atom is 0.126 e. The second kappa shape index (κ2) is 6.06. The van der Waals surface area contributed by atoms with Gasteiger partial charge in [0.25, 0.3) is 0 Å². The summed E-state index contributed by atoms with van der Waals surface area (Å²) in [5, 5.41) is 4.25. The molecule has 0 amide bonds. The van der Waals surface area contributed by atoms with Crippen LogP contribution in [0.5, 0.6) is 0 Å². The summed E-state index contributed by atoms with van der Waals surface area (Å²) in [6.45, 7) is 0. The molecule has 0 aliphatic heterocycles. The van der Waals surface area contributed by atoms with Crippen molar-refractivity contribution in [2.75, 3.05) is 5.33 Å². The van der Waals surface area contributed by atoms with E-state index in [1.807, 2.05) is 12.1 Å². The number of hydrogen-bond donors (Lipinski definition) is 0. The molecule has 0 bridgehead atoms. The summed E-state index contributed by atoms with van der Waals surface area (Å²) in [7, 11) is 0. The van der Waals surface area contributed by atoms with E-state index in [9.17, 15) is 4.39 Å². The lowest BCUT2D eigenvalue weighted by Gasteiger charge is -2.15. The molecular weight excluding hydrogens is 335 g/mol. The van der Waals surface area contributed by atoms with Gasteiger partial charge in [-0.2, -0.15) is 0 Å². The van der Waals surface area contributed by atoms with Crippen LogP contribution in [0.1, 0.15) is 17.0 Å². The fraction of sp³-hybridized carbons (Fsp3) is 0.176. The van der Waals surface area contributed by atoms with Crippen LogP contribution in [0.15, 0.2) is 53.9 Å². The summed E-state index contributed by atoms with van der Waals surface area (Å²) >= 11 is 5.29. The van der Waals surface area contributed by atoms with Crippen LogP contribution < -0.4 is 0 Å². The van der Waals surface area contributed by atoms with Crippen molar-refractivity contribution in [1.82, 2.24) is 0 Å². The van der Waals surface area contributed by atoms with E-state index in [1.54, 1.807) is 17.4 Å². The van der Waals surface area contributed by atoms with Crippen molar-refractivity contribution in [2.45, 2.75) is 12.3 Å². The van der Waals surface area contributed by atoms with Crippen LogP contribution in [0.3, 0.4) is 0 Å². The summed E-state index contributed by atoms with van der Waals surface area (Å²) in [5.74, 6) is 0.0469. The molecule has 1 unspecified atom stereocenters. The minimum absolute atomic E-state index is 0.114. The minimum Gasteiger partial charge on any atom is -0.207 e. The molecule has 0 radical (unpaired) electrons. The third kappa shape index (κ3) is 2.65. The van der Waals surface area contributed by atoms with Crippen molar-refractivity contribution in [1.29, 1.82) is 0 Å². The molecule has 1 heterocycles. The first-order valence-electron chi connectivity index (χ1n) is 6.55. The van der Waals surface area contributed by atoms with E-state index < -0.39 is 0 Å². The predicted molar refractivity (Wildman–Crippen MR) is 88.5 cm³/mol. The fourth-order valence-electron chi connectivity index (χ4n) is 2.51. The molecule has 3 rings (SSSR count). The molecule has 20 heavy (non-hydrogen) atoms. The maximum atomic E-state index is 14.0. The Labute approximate surface area is 130 Å². The lowest BCUT2D eigenvalue weighted by atomic mass is 9.93. The van der Waals surface area contributed by atoms with Gasteiger partial charge in [-0.05, 0) is 40.4 Å². The molecule has 3 aromatic rings. The maximum absolute atomic E-state index is 14.0. The molecule has 0 aliphatic carbocycles. The van der Waals surface area contributed by atoms with Gasteiger partial charge in [-0.25, -0.2) is 4.39 Å². The lowest BCUT2D eigenvalue weighted by Crippen LogP contribution is -2.06. The molecule has 0 aliphatic rings. The third-order valence-corrected chi connectivity index (χ3v) is 5.35. The molecule has 0 nitrogen and oxygen atoms in total. The van der Waals surface area contributed by atoms with Crippen molar-refractivity contribution in [3.8, 4) is 0 Å². The van der Waals surface area contributed by atoms with Crippen LogP contribution in [-0.4, -0.2) is 5.33 Å². The number of thiophene rings is 1. The zero-order valence-corrected chi connectivity index (χ0v) is 13.3. The van der Waals surface area contributed by atoms with E-state index >= 15 is 0 Å². The highest BCUT2D eigenvalue weighted by molar-refractivity contribution is 9.09. The highest BCUT2D eigenvalue weighted by atomic mass is 79.9. The topological polar surface area (TPSA) is 0 Å². The van der Waals surface area contributed by atoms with Gasteiger partial charge in [0.2, 0.25) is 0 Å². The molecule has 3 heteroatoms. The number of fused-ring (bicyclic) bond motifs is 1. The van der Waals surface area contributed by atoms with E-state index in [1.165, 1.54) is 21.7 Å². The molecule has 0 fully saturated rings. The van der Waals surface area contributed by atoms with Gasteiger partial charge in [-0.15, -0.1) is 11.3 Å². The zero-order valence-electron chi connectivity index (χ0n) is 10.9. The first kappa shape index (κ1) is 13.8. The van der Waals surface area contributed by atoms with Gasteiger partial charge in [-0.1, -0.05) is 52.3 Å². The Morgan fingerprint density at radius 2 is 1.80 bits per heavy atom. The number of rotatable bonds is 4. The predicted octanol–water partition coefficient (Wildman–Crippen LogP) is 5.76. The Morgan fingerprint density at radius 1 is 1.05 bits per heavy atom. The first-order valence-corrected chi connectivity index (χ1v) is 8.55. The molecular formula is C17H14BrFS. The monoisotopic (exact) mass is 348 g/mol. The first-order chi connectivity index (χ1) is 9.79. The molecule has 0 saturated carbocycles. The summed E-state index contributed by atoms with van der Waals surface area (Å²) < 4.78 is 15.2. The van der Waals surface area contributed by atoms with Gasteiger partial charge in [0, 0.05) is 15.9 Å². The number of hydrogen-bond acceptors (Lipinski definition) is 1. The van der Waals surface area contributed by atoms with Gasteiger partial charge in [-0.3, -0.25) is 0 Å². The van der Waals surface area contributed by atoms with Gasteiger partial charge >= 0.3 is 0 Å². The highest BCUT2D eigenvalue weighted by Crippen LogP contribution is 2.32. The number of halogens is 2. The summed E-state index contributed by atoms with van der Waals surface area (Å²) in [6.07, 6.45) is 0.857. The van der Waals surface area contributed by atoms with Crippen LogP contribution >= 0.6 is 27.3 Å². The third-order valence-electron chi connectivity index (χ3n) is 3.56. The lowest BCUT2D eigenvalue weighted by molar-refractivity contribution is 0.591. The smallest absolute Gasteiger partial charge is 0.126 e. The van der Waals surface area contributed by atoms with Gasteiger partial charge < -0.3 is 0 Å². The Bertz CT molecular complexity index is 720. The average Bonchev–Trinajstić information content (AvgIpc) is 2.89. The van der Waals surface area contributed by atoms with Crippen molar-refractivity contribution in [3.05, 3.63) is 70.9 Å². The molecule has 0 spiro atoms. The SMILES string of the molecule is Fc1ccccc1C(CBr)Cc1csc2ccccc12. The van der Waals surface area contributed by atoms with Crippen LogP contribution in [0, 0.1) is 5.82 Å². The number of alkyl halides is 1. The number of benzene rings is 2. The molecule has 2 aromatic carbocycles. The van der Waals surface area contributed by atoms with Crippen LogP contribution in [0.2, 0.25) is 0 Å². The largest absolute Gasteiger partial charge is 0.207 e. The van der Waals surface area contributed by atoms with E-state index in [0.29, 0.717) is 0 Å². The second-order valence-corrected chi connectivity index (χ2v) is 6.39. The van der Waals surface area contributed by atoms with Crippen molar-refractivity contribution < 1.29 is 4.39 Å².